The average molecular weight is 498 g/mol. The van der Waals surface area contributed by atoms with Gasteiger partial charge in [-0.3, -0.25) is 4.79 Å². The number of benzene rings is 1. The summed E-state index contributed by atoms with van der Waals surface area (Å²) < 4.78 is 25.9. The molecule has 5 rings (SSSR count). The summed E-state index contributed by atoms with van der Waals surface area (Å²) in [7, 11) is -3.00. The Kier molecular flexibility index (Phi) is 5.88. The van der Waals surface area contributed by atoms with Gasteiger partial charge >= 0.3 is 0 Å². The highest BCUT2D eigenvalue weighted by molar-refractivity contribution is 8.00. The van der Waals surface area contributed by atoms with Gasteiger partial charge in [0.2, 0.25) is 0 Å². The number of aromatic nitrogens is 3. The van der Waals surface area contributed by atoms with Gasteiger partial charge in [0.15, 0.2) is 21.4 Å². The van der Waals surface area contributed by atoms with Gasteiger partial charge in [-0.1, -0.05) is 36.0 Å². The summed E-state index contributed by atoms with van der Waals surface area (Å²) in [5, 5.41) is 3.71. The van der Waals surface area contributed by atoms with Gasteiger partial charge in [0.05, 0.1) is 27.7 Å². The van der Waals surface area contributed by atoms with Crippen molar-refractivity contribution in [3.8, 4) is 10.7 Å². The van der Waals surface area contributed by atoms with Crippen molar-refractivity contribution >= 4 is 49.6 Å². The standard InChI is InChI=1S/C24H23N3O3S3/c1-15-12-19(16(2)27(15)17-9-11-33(29,30)14-17)21(28)13-32-24-18-6-3-4-7-20(18)25-23(26-24)22-8-5-10-31-22/h3-8,10,12,17H,9,11,13-14H2,1-2H3. The Hall–Kier alpha value is -2.49. The van der Waals surface area contributed by atoms with Gasteiger partial charge in [0, 0.05) is 28.4 Å². The fourth-order valence-corrected chi connectivity index (χ4v) is 7.75. The van der Waals surface area contributed by atoms with Gasteiger partial charge < -0.3 is 4.57 Å². The third kappa shape index (κ3) is 4.37. The second-order valence-electron chi connectivity index (χ2n) is 8.27. The van der Waals surface area contributed by atoms with E-state index in [0.29, 0.717) is 17.8 Å². The number of sulfone groups is 1. The fraction of sp³-hybridized carbons (Fsp3) is 0.292. The van der Waals surface area contributed by atoms with Gasteiger partial charge in [-0.15, -0.1) is 11.3 Å². The number of para-hydroxylation sites is 1. The largest absolute Gasteiger partial charge is 0.344 e. The molecule has 170 valence electrons. The van der Waals surface area contributed by atoms with Crippen LogP contribution in [0.2, 0.25) is 0 Å². The van der Waals surface area contributed by atoms with E-state index in [1.807, 2.05) is 66.3 Å². The van der Waals surface area contributed by atoms with E-state index in [4.69, 9.17) is 9.97 Å². The Bertz CT molecular complexity index is 1460. The number of rotatable bonds is 6. The number of thioether (sulfide) groups is 1. The van der Waals surface area contributed by atoms with Crippen molar-refractivity contribution in [1.29, 1.82) is 0 Å². The summed E-state index contributed by atoms with van der Waals surface area (Å²) in [6.07, 6.45) is 0.597. The van der Waals surface area contributed by atoms with E-state index in [2.05, 4.69) is 0 Å². The molecule has 1 fully saturated rings. The molecule has 3 aromatic heterocycles. The maximum absolute atomic E-state index is 13.2. The van der Waals surface area contributed by atoms with Crippen molar-refractivity contribution in [3.05, 3.63) is 64.8 Å². The molecule has 0 amide bonds. The summed E-state index contributed by atoms with van der Waals surface area (Å²) in [6, 6.07) is 13.6. The first kappa shape index (κ1) is 22.3. The van der Waals surface area contributed by atoms with Crippen LogP contribution in [0.15, 0.2) is 52.9 Å². The predicted molar refractivity (Wildman–Crippen MR) is 134 cm³/mol. The predicted octanol–water partition coefficient (Wildman–Crippen LogP) is 5.11. The lowest BCUT2D eigenvalue weighted by atomic mass is 10.2. The molecule has 4 aromatic rings. The first-order valence-electron chi connectivity index (χ1n) is 10.7. The Morgan fingerprint density at radius 1 is 1.18 bits per heavy atom. The molecule has 6 nitrogen and oxygen atoms in total. The van der Waals surface area contributed by atoms with E-state index in [9.17, 15) is 13.2 Å². The van der Waals surface area contributed by atoms with Crippen LogP contribution >= 0.6 is 23.1 Å². The minimum Gasteiger partial charge on any atom is -0.344 e. The molecule has 1 saturated heterocycles. The Balaban J connectivity index is 1.42. The number of carbonyl (C=O) groups excluding carboxylic acids is 1. The van der Waals surface area contributed by atoms with Crippen LogP contribution in [0.3, 0.4) is 0 Å². The number of nitrogens with zero attached hydrogens (tertiary/aromatic N) is 3. The van der Waals surface area contributed by atoms with E-state index < -0.39 is 9.84 Å². The maximum Gasteiger partial charge on any atom is 0.174 e. The number of aryl methyl sites for hydroxylation is 1. The Morgan fingerprint density at radius 3 is 2.73 bits per heavy atom. The molecule has 0 radical (unpaired) electrons. The first-order valence-corrected chi connectivity index (χ1v) is 14.4. The summed E-state index contributed by atoms with van der Waals surface area (Å²) in [5.74, 6) is 1.28. The van der Waals surface area contributed by atoms with Crippen LogP contribution < -0.4 is 0 Å². The minimum atomic E-state index is -3.00. The van der Waals surface area contributed by atoms with Crippen molar-refractivity contribution in [3.63, 3.8) is 0 Å². The maximum atomic E-state index is 13.2. The van der Waals surface area contributed by atoms with Crippen LogP contribution in [0, 0.1) is 13.8 Å². The highest BCUT2D eigenvalue weighted by Gasteiger charge is 2.31. The van der Waals surface area contributed by atoms with E-state index in [-0.39, 0.29) is 29.1 Å². The van der Waals surface area contributed by atoms with Crippen molar-refractivity contribution < 1.29 is 13.2 Å². The van der Waals surface area contributed by atoms with E-state index >= 15 is 0 Å². The molecule has 4 heterocycles. The quantitative estimate of drug-likeness (QED) is 0.209. The third-order valence-electron chi connectivity index (χ3n) is 6.01. The minimum absolute atomic E-state index is 0.0144. The van der Waals surface area contributed by atoms with Crippen molar-refractivity contribution in [2.45, 2.75) is 31.3 Å². The number of ketones is 1. The number of hydrogen-bond donors (Lipinski definition) is 0. The molecule has 0 bridgehead atoms. The second-order valence-corrected chi connectivity index (χ2v) is 12.4. The van der Waals surface area contributed by atoms with Crippen LogP contribution in [-0.2, 0) is 9.84 Å². The van der Waals surface area contributed by atoms with E-state index in [1.54, 1.807) is 11.3 Å². The normalized spacial score (nSPS) is 17.6. The molecule has 1 aliphatic rings. The summed E-state index contributed by atoms with van der Waals surface area (Å²) >= 11 is 3.00. The van der Waals surface area contributed by atoms with E-state index in [1.165, 1.54) is 11.8 Å². The van der Waals surface area contributed by atoms with Gasteiger partial charge in [0.25, 0.3) is 0 Å². The van der Waals surface area contributed by atoms with Gasteiger partial charge in [0.1, 0.15) is 5.03 Å². The number of Topliss-reactive ketones (excluding diaryl/α,β-unsaturated/α-hetero) is 1. The molecular weight excluding hydrogens is 474 g/mol. The number of hydrogen-bond acceptors (Lipinski definition) is 7. The van der Waals surface area contributed by atoms with Gasteiger partial charge in [-0.2, -0.15) is 0 Å². The molecular formula is C24H23N3O3S3. The SMILES string of the molecule is Cc1cc(C(=O)CSc2nc(-c3cccs3)nc3ccccc23)c(C)n1C1CCS(=O)(=O)C1. The van der Waals surface area contributed by atoms with Crippen molar-refractivity contribution in [1.82, 2.24) is 14.5 Å². The lowest BCUT2D eigenvalue weighted by molar-refractivity contribution is 0.102. The van der Waals surface area contributed by atoms with Crippen molar-refractivity contribution in [2.75, 3.05) is 17.3 Å². The number of fused-ring (bicyclic) bond motifs is 1. The molecule has 33 heavy (non-hydrogen) atoms. The molecule has 0 N–H and O–H groups in total. The fourth-order valence-electron chi connectivity index (χ4n) is 4.49. The molecule has 1 aromatic carbocycles. The van der Waals surface area contributed by atoms with Crippen LogP contribution in [0.25, 0.3) is 21.6 Å². The van der Waals surface area contributed by atoms with Crippen LogP contribution in [-0.4, -0.2) is 46.0 Å². The zero-order valence-corrected chi connectivity index (χ0v) is 20.8. The summed E-state index contributed by atoms with van der Waals surface area (Å²) in [4.78, 5) is 23.7. The van der Waals surface area contributed by atoms with Crippen molar-refractivity contribution in [2.24, 2.45) is 0 Å². The summed E-state index contributed by atoms with van der Waals surface area (Å²) in [5.41, 5.74) is 3.27. The monoisotopic (exact) mass is 497 g/mol. The highest BCUT2D eigenvalue weighted by Crippen LogP contribution is 2.32. The first-order chi connectivity index (χ1) is 15.8. The zero-order valence-electron chi connectivity index (χ0n) is 18.3. The highest BCUT2D eigenvalue weighted by atomic mass is 32.2. The average Bonchev–Trinajstić information content (AvgIpc) is 3.51. The second kappa shape index (κ2) is 8.70. The lowest BCUT2D eigenvalue weighted by Crippen LogP contribution is -2.14. The molecule has 1 aliphatic heterocycles. The number of thiophene rings is 1. The third-order valence-corrected chi connectivity index (χ3v) is 9.62. The molecule has 1 unspecified atom stereocenters. The van der Waals surface area contributed by atoms with Crippen LogP contribution in [0.1, 0.15) is 34.2 Å². The van der Waals surface area contributed by atoms with Crippen LogP contribution in [0.4, 0.5) is 0 Å². The van der Waals surface area contributed by atoms with Crippen LogP contribution in [0.5, 0.6) is 0 Å². The number of carbonyl (C=O) groups is 1. The Morgan fingerprint density at radius 2 is 2.00 bits per heavy atom. The zero-order chi connectivity index (χ0) is 23.2. The molecule has 1 atom stereocenters. The Labute approximate surface area is 201 Å². The lowest BCUT2D eigenvalue weighted by Gasteiger charge is -2.16. The van der Waals surface area contributed by atoms with Gasteiger partial charge in [-0.05, 0) is 43.8 Å². The molecule has 0 spiro atoms. The molecule has 0 aliphatic carbocycles. The van der Waals surface area contributed by atoms with Gasteiger partial charge in [-0.25, -0.2) is 18.4 Å². The van der Waals surface area contributed by atoms with E-state index in [0.717, 1.165) is 32.2 Å². The molecule has 9 heteroatoms. The summed E-state index contributed by atoms with van der Waals surface area (Å²) in [6.45, 7) is 3.85. The smallest absolute Gasteiger partial charge is 0.174 e. The topological polar surface area (TPSA) is 81.9 Å². The molecule has 0 saturated carbocycles.